The Morgan fingerprint density at radius 1 is 1.05 bits per heavy atom. The van der Waals surface area contributed by atoms with Crippen molar-refractivity contribution >= 4 is 34.9 Å². The number of hydrogen-bond acceptors (Lipinski definition) is 4. The quantitative estimate of drug-likeness (QED) is 0.683. The number of rotatable bonds is 3. The van der Waals surface area contributed by atoms with E-state index in [1.54, 1.807) is 30.3 Å². The van der Waals surface area contributed by atoms with E-state index in [-0.39, 0.29) is 5.56 Å². The van der Waals surface area contributed by atoms with E-state index in [1.807, 2.05) is 0 Å². The molecule has 0 bridgehead atoms. The van der Waals surface area contributed by atoms with Gasteiger partial charge in [0, 0.05) is 15.7 Å². The van der Waals surface area contributed by atoms with Gasteiger partial charge in [-0.2, -0.15) is 0 Å². The molecule has 0 saturated carbocycles. The predicted molar refractivity (Wildman–Crippen MR) is 78.7 cm³/mol. The molecule has 4 nitrogen and oxygen atoms in total. The van der Waals surface area contributed by atoms with Gasteiger partial charge in [0.1, 0.15) is 11.5 Å². The van der Waals surface area contributed by atoms with Gasteiger partial charge in [-0.05, 0) is 36.4 Å². The van der Waals surface area contributed by atoms with Crippen molar-refractivity contribution in [3.05, 3.63) is 52.0 Å². The van der Waals surface area contributed by atoms with Crippen LogP contribution in [0.25, 0.3) is 0 Å². The van der Waals surface area contributed by atoms with Crippen LogP contribution < -0.4 is 10.5 Å². The highest BCUT2D eigenvalue weighted by atomic mass is 35.5. The molecule has 0 fully saturated rings. The lowest BCUT2D eigenvalue weighted by atomic mass is 10.1. The average Bonchev–Trinajstić information content (AvgIpc) is 2.39. The number of carbonyl (C=O) groups is 1. The number of hydrogen-bond donors (Lipinski definition) is 1. The first kappa shape index (κ1) is 14.5. The fourth-order valence-electron chi connectivity index (χ4n) is 1.61. The van der Waals surface area contributed by atoms with Crippen LogP contribution in [0.5, 0.6) is 11.5 Å². The highest BCUT2D eigenvalue weighted by molar-refractivity contribution is 6.34. The second-order valence-electron chi connectivity index (χ2n) is 3.95. The first-order valence-corrected chi connectivity index (χ1v) is 6.37. The molecular formula is C14H11Cl2NO3. The number of anilines is 1. The summed E-state index contributed by atoms with van der Waals surface area (Å²) < 4.78 is 10.2. The predicted octanol–water partition coefficient (Wildman–Crippen LogP) is 4.15. The number of halogens is 2. The SMILES string of the molecule is COC(=O)c1cc(Oc2cc(Cl)cc(Cl)c2)ccc1N. The number of nitrogen functional groups attached to an aromatic ring is 1. The molecule has 0 saturated heterocycles. The fourth-order valence-corrected chi connectivity index (χ4v) is 2.12. The van der Waals surface area contributed by atoms with Gasteiger partial charge in [0.15, 0.2) is 0 Å². The van der Waals surface area contributed by atoms with Crippen LogP contribution >= 0.6 is 23.2 Å². The summed E-state index contributed by atoms with van der Waals surface area (Å²) in [6.07, 6.45) is 0. The van der Waals surface area contributed by atoms with Crippen molar-refractivity contribution in [3.8, 4) is 11.5 Å². The van der Waals surface area contributed by atoms with Gasteiger partial charge < -0.3 is 15.2 Å². The van der Waals surface area contributed by atoms with Crippen LogP contribution in [0.3, 0.4) is 0 Å². The minimum Gasteiger partial charge on any atom is -0.465 e. The molecule has 2 rings (SSSR count). The van der Waals surface area contributed by atoms with Gasteiger partial charge in [-0.25, -0.2) is 4.79 Å². The first-order chi connectivity index (χ1) is 9.49. The standard InChI is InChI=1S/C14H11Cl2NO3/c1-19-14(18)12-7-10(2-3-13(12)17)20-11-5-8(15)4-9(16)6-11/h2-7H,17H2,1H3. The number of carbonyl (C=O) groups excluding carboxylic acids is 1. The van der Waals surface area contributed by atoms with Crippen molar-refractivity contribution in [2.24, 2.45) is 0 Å². The van der Waals surface area contributed by atoms with Gasteiger partial charge in [-0.1, -0.05) is 23.2 Å². The van der Waals surface area contributed by atoms with Crippen molar-refractivity contribution in [1.29, 1.82) is 0 Å². The molecule has 2 aromatic rings. The average molecular weight is 312 g/mol. The molecule has 0 amide bonds. The lowest BCUT2D eigenvalue weighted by Crippen LogP contribution is -2.05. The molecule has 0 unspecified atom stereocenters. The molecule has 0 aliphatic heterocycles. The minimum absolute atomic E-state index is 0.234. The summed E-state index contributed by atoms with van der Waals surface area (Å²) in [6.45, 7) is 0. The van der Waals surface area contributed by atoms with Gasteiger partial charge in [0.2, 0.25) is 0 Å². The molecule has 2 aromatic carbocycles. The van der Waals surface area contributed by atoms with E-state index >= 15 is 0 Å². The van der Waals surface area contributed by atoms with Crippen molar-refractivity contribution in [3.63, 3.8) is 0 Å². The van der Waals surface area contributed by atoms with Crippen LogP contribution in [0.15, 0.2) is 36.4 Å². The van der Waals surface area contributed by atoms with Crippen LogP contribution in [0, 0.1) is 0 Å². The smallest absolute Gasteiger partial charge is 0.340 e. The number of methoxy groups -OCH3 is 1. The summed E-state index contributed by atoms with van der Waals surface area (Å²) in [5.74, 6) is 0.359. The Kier molecular flexibility index (Phi) is 4.37. The molecule has 2 N–H and O–H groups in total. The Morgan fingerprint density at radius 3 is 2.30 bits per heavy atom. The molecule has 20 heavy (non-hydrogen) atoms. The van der Waals surface area contributed by atoms with Gasteiger partial charge in [0.25, 0.3) is 0 Å². The van der Waals surface area contributed by atoms with Gasteiger partial charge >= 0.3 is 5.97 Å². The maximum absolute atomic E-state index is 11.5. The summed E-state index contributed by atoms with van der Waals surface area (Å²) >= 11 is 11.8. The molecule has 0 aromatic heterocycles. The highest BCUT2D eigenvalue weighted by Gasteiger charge is 2.12. The second-order valence-corrected chi connectivity index (χ2v) is 4.82. The zero-order valence-electron chi connectivity index (χ0n) is 10.5. The van der Waals surface area contributed by atoms with Gasteiger partial charge in [-0.3, -0.25) is 0 Å². The normalized spacial score (nSPS) is 10.2. The summed E-state index contributed by atoms with van der Waals surface area (Å²) in [5, 5.41) is 0.910. The minimum atomic E-state index is -0.530. The Bertz CT molecular complexity index is 639. The molecule has 104 valence electrons. The molecule has 0 aliphatic rings. The topological polar surface area (TPSA) is 61.5 Å². The highest BCUT2D eigenvalue weighted by Crippen LogP contribution is 2.30. The number of nitrogens with two attached hydrogens (primary N) is 1. The summed E-state index contributed by atoms with van der Waals surface area (Å²) in [5.41, 5.74) is 6.26. The Labute approximate surface area is 126 Å². The Hall–Kier alpha value is -1.91. The van der Waals surface area contributed by atoms with E-state index in [0.717, 1.165) is 0 Å². The van der Waals surface area contributed by atoms with E-state index < -0.39 is 5.97 Å². The lowest BCUT2D eigenvalue weighted by molar-refractivity contribution is 0.0601. The third-order valence-corrected chi connectivity index (χ3v) is 2.94. The maximum atomic E-state index is 11.5. The molecule has 0 heterocycles. The monoisotopic (exact) mass is 311 g/mol. The zero-order valence-corrected chi connectivity index (χ0v) is 12.0. The van der Waals surface area contributed by atoms with Crippen LogP contribution in [-0.4, -0.2) is 13.1 Å². The van der Waals surface area contributed by atoms with Crippen molar-refractivity contribution in [2.75, 3.05) is 12.8 Å². The molecule has 0 atom stereocenters. The second kappa shape index (κ2) is 6.03. The van der Waals surface area contributed by atoms with E-state index in [1.165, 1.54) is 13.2 Å². The number of esters is 1. The summed E-state index contributed by atoms with van der Waals surface area (Å²) in [7, 11) is 1.28. The van der Waals surface area contributed by atoms with Gasteiger partial charge in [0.05, 0.1) is 12.7 Å². The Morgan fingerprint density at radius 2 is 1.70 bits per heavy atom. The number of benzene rings is 2. The van der Waals surface area contributed by atoms with Crippen LogP contribution in [0.4, 0.5) is 5.69 Å². The van der Waals surface area contributed by atoms with Crippen LogP contribution in [0.2, 0.25) is 10.0 Å². The van der Waals surface area contributed by atoms with Gasteiger partial charge in [-0.15, -0.1) is 0 Å². The Balaban J connectivity index is 2.32. The van der Waals surface area contributed by atoms with E-state index in [4.69, 9.17) is 33.7 Å². The number of ether oxygens (including phenoxy) is 2. The molecule has 0 aliphatic carbocycles. The molecular weight excluding hydrogens is 301 g/mol. The summed E-state index contributed by atoms with van der Waals surface area (Å²) in [6, 6.07) is 9.52. The van der Waals surface area contributed by atoms with Crippen LogP contribution in [0.1, 0.15) is 10.4 Å². The third-order valence-electron chi connectivity index (χ3n) is 2.50. The molecule has 0 radical (unpaired) electrons. The van der Waals surface area contributed by atoms with Crippen molar-refractivity contribution < 1.29 is 14.3 Å². The van der Waals surface area contributed by atoms with Crippen molar-refractivity contribution in [2.45, 2.75) is 0 Å². The summed E-state index contributed by atoms with van der Waals surface area (Å²) in [4.78, 5) is 11.5. The zero-order chi connectivity index (χ0) is 14.7. The first-order valence-electron chi connectivity index (χ1n) is 5.61. The van der Waals surface area contributed by atoms with Crippen molar-refractivity contribution in [1.82, 2.24) is 0 Å². The lowest BCUT2D eigenvalue weighted by Gasteiger charge is -2.09. The maximum Gasteiger partial charge on any atom is 0.340 e. The third kappa shape index (κ3) is 3.35. The molecule has 0 spiro atoms. The largest absolute Gasteiger partial charge is 0.465 e. The molecule has 6 heteroatoms. The van der Waals surface area contributed by atoms with E-state index in [2.05, 4.69) is 4.74 Å². The van der Waals surface area contributed by atoms with Crippen LogP contribution in [-0.2, 0) is 4.74 Å². The van der Waals surface area contributed by atoms with E-state index in [0.29, 0.717) is 27.2 Å². The van der Waals surface area contributed by atoms with E-state index in [9.17, 15) is 4.79 Å². The fraction of sp³-hybridized carbons (Fsp3) is 0.0714.